The molecule has 0 fully saturated rings. The van der Waals surface area contributed by atoms with Crippen molar-refractivity contribution < 1.29 is 9.84 Å². The lowest BCUT2D eigenvalue weighted by Gasteiger charge is -2.23. The summed E-state index contributed by atoms with van der Waals surface area (Å²) in [7, 11) is 0. The van der Waals surface area contributed by atoms with Gasteiger partial charge >= 0.3 is 0 Å². The maximum absolute atomic E-state index is 10.4. The van der Waals surface area contributed by atoms with Gasteiger partial charge in [-0.25, -0.2) is 0 Å². The first-order valence-electron chi connectivity index (χ1n) is 6.69. The minimum absolute atomic E-state index is 0.272. The molecule has 2 nitrogen and oxygen atoms in total. The summed E-state index contributed by atoms with van der Waals surface area (Å²) >= 11 is 0. The maximum atomic E-state index is 10.4. The summed E-state index contributed by atoms with van der Waals surface area (Å²) in [6.07, 6.45) is -0.211. The summed E-state index contributed by atoms with van der Waals surface area (Å²) in [6.45, 7) is 2.54. The highest BCUT2D eigenvalue weighted by Gasteiger charge is 2.21. The Labute approximate surface area is 114 Å². The predicted octanol–water partition coefficient (Wildman–Crippen LogP) is 3.37. The molecule has 0 radical (unpaired) electrons. The van der Waals surface area contributed by atoms with Crippen molar-refractivity contribution in [3.05, 3.63) is 71.8 Å². The van der Waals surface area contributed by atoms with Crippen LogP contribution in [0.15, 0.2) is 60.7 Å². The van der Waals surface area contributed by atoms with Crippen LogP contribution in [0.1, 0.15) is 24.2 Å². The van der Waals surface area contributed by atoms with Gasteiger partial charge in [0.1, 0.15) is 6.10 Å². The molecule has 0 aliphatic rings. The number of hydrogen-bond acceptors (Lipinski definition) is 2. The molecule has 0 aliphatic heterocycles. The number of aliphatic hydroxyl groups excluding tert-OH is 1. The van der Waals surface area contributed by atoms with Gasteiger partial charge in [0, 0.05) is 13.0 Å². The van der Waals surface area contributed by atoms with Gasteiger partial charge < -0.3 is 9.84 Å². The summed E-state index contributed by atoms with van der Waals surface area (Å²) < 4.78 is 5.71. The fourth-order valence-electron chi connectivity index (χ4n) is 2.21. The molecular weight excluding hydrogens is 236 g/mol. The Morgan fingerprint density at radius 1 is 0.947 bits per heavy atom. The minimum atomic E-state index is -0.537. The summed E-state index contributed by atoms with van der Waals surface area (Å²) in [6, 6.07) is 19.9. The SMILES string of the molecule is CCOC(c1ccccc1)C(O)Cc1ccccc1. The lowest BCUT2D eigenvalue weighted by Crippen LogP contribution is -2.23. The summed E-state index contributed by atoms with van der Waals surface area (Å²) in [4.78, 5) is 0. The van der Waals surface area contributed by atoms with Crippen LogP contribution in [0, 0.1) is 0 Å². The van der Waals surface area contributed by atoms with E-state index in [2.05, 4.69) is 0 Å². The zero-order valence-electron chi connectivity index (χ0n) is 11.2. The van der Waals surface area contributed by atoms with E-state index in [-0.39, 0.29) is 6.10 Å². The molecule has 2 aromatic rings. The molecule has 0 heterocycles. The van der Waals surface area contributed by atoms with E-state index in [9.17, 15) is 5.11 Å². The third-order valence-corrected chi connectivity index (χ3v) is 3.11. The highest BCUT2D eigenvalue weighted by molar-refractivity contribution is 5.21. The number of hydrogen-bond donors (Lipinski definition) is 1. The number of rotatable bonds is 6. The van der Waals surface area contributed by atoms with E-state index in [0.29, 0.717) is 13.0 Å². The van der Waals surface area contributed by atoms with E-state index in [1.165, 1.54) is 0 Å². The Balaban J connectivity index is 2.11. The van der Waals surface area contributed by atoms with Crippen LogP contribution in [0.4, 0.5) is 0 Å². The van der Waals surface area contributed by atoms with Gasteiger partial charge in [-0.1, -0.05) is 60.7 Å². The van der Waals surface area contributed by atoms with Crippen LogP contribution >= 0.6 is 0 Å². The number of ether oxygens (including phenoxy) is 1. The monoisotopic (exact) mass is 256 g/mol. The van der Waals surface area contributed by atoms with Crippen LogP contribution in [0.25, 0.3) is 0 Å². The van der Waals surface area contributed by atoms with E-state index in [1.807, 2.05) is 67.6 Å². The molecular formula is C17H20O2. The van der Waals surface area contributed by atoms with Crippen LogP contribution in [-0.4, -0.2) is 17.8 Å². The first-order valence-corrected chi connectivity index (χ1v) is 6.69. The molecule has 0 saturated heterocycles. The molecule has 2 heteroatoms. The third kappa shape index (κ3) is 3.91. The second-order valence-electron chi connectivity index (χ2n) is 4.54. The standard InChI is InChI=1S/C17H20O2/c1-2-19-17(15-11-7-4-8-12-15)16(18)13-14-9-5-3-6-10-14/h3-12,16-18H,2,13H2,1H3. The number of benzene rings is 2. The van der Waals surface area contributed by atoms with Crippen LogP contribution < -0.4 is 0 Å². The average Bonchev–Trinajstić information content (AvgIpc) is 2.46. The Kier molecular flexibility index (Phi) is 5.13. The molecule has 0 bridgehead atoms. The van der Waals surface area contributed by atoms with Gasteiger partial charge in [0.05, 0.1) is 6.10 Å². The largest absolute Gasteiger partial charge is 0.390 e. The number of aliphatic hydroxyl groups is 1. The molecule has 1 N–H and O–H groups in total. The van der Waals surface area contributed by atoms with E-state index < -0.39 is 6.10 Å². The van der Waals surface area contributed by atoms with Gasteiger partial charge in [-0.2, -0.15) is 0 Å². The van der Waals surface area contributed by atoms with Gasteiger partial charge in [-0.15, -0.1) is 0 Å². The van der Waals surface area contributed by atoms with E-state index in [0.717, 1.165) is 11.1 Å². The van der Waals surface area contributed by atoms with Gasteiger partial charge in [-0.05, 0) is 18.1 Å². The highest BCUT2D eigenvalue weighted by atomic mass is 16.5. The highest BCUT2D eigenvalue weighted by Crippen LogP contribution is 2.23. The topological polar surface area (TPSA) is 29.5 Å². The van der Waals surface area contributed by atoms with Crippen molar-refractivity contribution in [3.63, 3.8) is 0 Å². The first-order chi connectivity index (χ1) is 9.31. The molecule has 100 valence electrons. The zero-order chi connectivity index (χ0) is 13.5. The molecule has 2 atom stereocenters. The predicted molar refractivity (Wildman–Crippen MR) is 77.0 cm³/mol. The molecule has 0 aliphatic carbocycles. The quantitative estimate of drug-likeness (QED) is 0.858. The Bertz CT molecular complexity index is 467. The van der Waals surface area contributed by atoms with Gasteiger partial charge in [0.15, 0.2) is 0 Å². The van der Waals surface area contributed by atoms with Crippen molar-refractivity contribution >= 4 is 0 Å². The molecule has 0 spiro atoms. The molecule has 0 amide bonds. The van der Waals surface area contributed by atoms with E-state index >= 15 is 0 Å². The Morgan fingerprint density at radius 2 is 1.53 bits per heavy atom. The molecule has 19 heavy (non-hydrogen) atoms. The van der Waals surface area contributed by atoms with Gasteiger partial charge in [-0.3, -0.25) is 0 Å². The summed E-state index contributed by atoms with van der Waals surface area (Å²) in [5.74, 6) is 0. The second-order valence-corrected chi connectivity index (χ2v) is 4.54. The minimum Gasteiger partial charge on any atom is -0.390 e. The van der Waals surface area contributed by atoms with Crippen LogP contribution in [0.5, 0.6) is 0 Å². The van der Waals surface area contributed by atoms with Crippen LogP contribution in [0.2, 0.25) is 0 Å². The fourth-order valence-corrected chi connectivity index (χ4v) is 2.21. The molecule has 0 aromatic heterocycles. The van der Waals surface area contributed by atoms with Gasteiger partial charge in [0.25, 0.3) is 0 Å². The van der Waals surface area contributed by atoms with Crippen molar-refractivity contribution in [2.75, 3.05) is 6.61 Å². The molecule has 0 saturated carbocycles. The van der Waals surface area contributed by atoms with Crippen molar-refractivity contribution in [3.8, 4) is 0 Å². The summed E-state index contributed by atoms with van der Waals surface area (Å²) in [5, 5.41) is 10.4. The smallest absolute Gasteiger partial charge is 0.109 e. The molecule has 2 aromatic carbocycles. The first kappa shape index (κ1) is 13.8. The normalized spacial score (nSPS) is 14.0. The average molecular weight is 256 g/mol. The van der Waals surface area contributed by atoms with Crippen molar-refractivity contribution in [1.29, 1.82) is 0 Å². The fraction of sp³-hybridized carbons (Fsp3) is 0.294. The van der Waals surface area contributed by atoms with Crippen molar-refractivity contribution in [2.24, 2.45) is 0 Å². The summed E-state index contributed by atoms with van der Waals surface area (Å²) in [5.41, 5.74) is 2.14. The van der Waals surface area contributed by atoms with Crippen molar-refractivity contribution in [2.45, 2.75) is 25.6 Å². The molecule has 2 unspecified atom stereocenters. The second kappa shape index (κ2) is 7.07. The van der Waals surface area contributed by atoms with Gasteiger partial charge in [0.2, 0.25) is 0 Å². The lowest BCUT2D eigenvalue weighted by molar-refractivity contribution is -0.0339. The third-order valence-electron chi connectivity index (χ3n) is 3.11. The van der Waals surface area contributed by atoms with Crippen LogP contribution in [-0.2, 0) is 11.2 Å². The Morgan fingerprint density at radius 3 is 2.11 bits per heavy atom. The zero-order valence-corrected chi connectivity index (χ0v) is 11.2. The van der Waals surface area contributed by atoms with Crippen LogP contribution in [0.3, 0.4) is 0 Å². The van der Waals surface area contributed by atoms with E-state index in [4.69, 9.17) is 4.74 Å². The van der Waals surface area contributed by atoms with Crippen molar-refractivity contribution in [1.82, 2.24) is 0 Å². The molecule has 2 rings (SSSR count). The Hall–Kier alpha value is -1.64. The lowest BCUT2D eigenvalue weighted by atomic mass is 9.98. The van der Waals surface area contributed by atoms with E-state index in [1.54, 1.807) is 0 Å². The maximum Gasteiger partial charge on any atom is 0.109 e.